The highest BCUT2D eigenvalue weighted by molar-refractivity contribution is 9.10. The van der Waals surface area contributed by atoms with Crippen LogP contribution in [0.2, 0.25) is 0 Å². The molecule has 0 spiro atoms. The summed E-state index contributed by atoms with van der Waals surface area (Å²) in [5.41, 5.74) is 1.12. The molecule has 1 atom stereocenters. The van der Waals surface area contributed by atoms with Gasteiger partial charge in [0.15, 0.2) is 0 Å². The molecule has 0 amide bonds. The molecule has 15 heavy (non-hydrogen) atoms. The average Bonchev–Trinajstić information content (AvgIpc) is 2.85. The van der Waals surface area contributed by atoms with Crippen LogP contribution in [0.5, 0.6) is 0 Å². The SMILES string of the molecule is OC1(c2scnc2Br)CCN(C2CC2)C1. The lowest BCUT2D eigenvalue weighted by Gasteiger charge is -2.22. The lowest BCUT2D eigenvalue weighted by atomic mass is 10.0. The van der Waals surface area contributed by atoms with Crippen LogP contribution in [0.4, 0.5) is 0 Å². The van der Waals surface area contributed by atoms with Gasteiger partial charge in [-0.2, -0.15) is 0 Å². The van der Waals surface area contributed by atoms with E-state index in [-0.39, 0.29) is 0 Å². The molecule has 2 heterocycles. The monoisotopic (exact) mass is 288 g/mol. The maximum absolute atomic E-state index is 10.6. The van der Waals surface area contributed by atoms with Gasteiger partial charge in [-0.25, -0.2) is 4.98 Å². The number of nitrogens with zero attached hydrogens (tertiary/aromatic N) is 2. The quantitative estimate of drug-likeness (QED) is 0.904. The third kappa shape index (κ3) is 1.75. The average molecular weight is 289 g/mol. The van der Waals surface area contributed by atoms with E-state index in [2.05, 4.69) is 25.8 Å². The third-order valence-corrected chi connectivity index (χ3v) is 5.17. The van der Waals surface area contributed by atoms with Gasteiger partial charge in [0.25, 0.3) is 0 Å². The lowest BCUT2D eigenvalue weighted by Crippen LogP contribution is -2.31. The van der Waals surface area contributed by atoms with Crippen LogP contribution in [-0.4, -0.2) is 34.1 Å². The van der Waals surface area contributed by atoms with Crippen molar-refractivity contribution < 1.29 is 5.11 Å². The van der Waals surface area contributed by atoms with Crippen LogP contribution >= 0.6 is 27.3 Å². The fraction of sp³-hybridized carbons (Fsp3) is 0.700. The largest absolute Gasteiger partial charge is 0.383 e. The van der Waals surface area contributed by atoms with Gasteiger partial charge in [-0.15, -0.1) is 11.3 Å². The number of hydrogen-bond donors (Lipinski definition) is 1. The zero-order valence-electron chi connectivity index (χ0n) is 8.32. The van der Waals surface area contributed by atoms with Gasteiger partial charge < -0.3 is 5.11 Å². The minimum absolute atomic E-state index is 0.664. The highest BCUT2D eigenvalue weighted by Gasteiger charge is 2.44. The molecule has 3 rings (SSSR count). The van der Waals surface area contributed by atoms with Crippen LogP contribution in [0.25, 0.3) is 0 Å². The van der Waals surface area contributed by atoms with Crippen molar-refractivity contribution in [2.45, 2.75) is 30.9 Å². The number of β-amino-alcohol motifs (C(OH)–C–C–N with tert-alkyl or cyclic N) is 1. The van der Waals surface area contributed by atoms with E-state index in [0.29, 0.717) is 0 Å². The highest BCUT2D eigenvalue weighted by Crippen LogP contribution is 2.41. The summed E-state index contributed by atoms with van der Waals surface area (Å²) in [6, 6.07) is 0.741. The van der Waals surface area contributed by atoms with Crippen molar-refractivity contribution in [1.29, 1.82) is 0 Å². The Kier molecular flexibility index (Phi) is 2.39. The van der Waals surface area contributed by atoms with Crippen LogP contribution in [0.15, 0.2) is 10.1 Å². The molecule has 1 N–H and O–H groups in total. The second-order valence-electron chi connectivity index (χ2n) is 4.46. The summed E-state index contributed by atoms with van der Waals surface area (Å²) in [6.45, 7) is 1.80. The first-order chi connectivity index (χ1) is 7.19. The first-order valence-electron chi connectivity index (χ1n) is 5.25. The Morgan fingerprint density at radius 3 is 3.00 bits per heavy atom. The second kappa shape index (κ2) is 3.52. The molecular formula is C10H13BrN2OS. The Morgan fingerprint density at radius 1 is 1.60 bits per heavy atom. The molecule has 3 nitrogen and oxygen atoms in total. The van der Waals surface area contributed by atoms with E-state index in [1.54, 1.807) is 16.8 Å². The zero-order chi connectivity index (χ0) is 10.5. The summed E-state index contributed by atoms with van der Waals surface area (Å²) >= 11 is 4.95. The first kappa shape index (κ1) is 10.2. The summed E-state index contributed by atoms with van der Waals surface area (Å²) < 4.78 is 0.813. The van der Waals surface area contributed by atoms with E-state index in [9.17, 15) is 5.11 Å². The summed E-state index contributed by atoms with van der Waals surface area (Å²) in [5.74, 6) is 0. The molecule has 2 aliphatic rings. The van der Waals surface area contributed by atoms with Crippen molar-refractivity contribution in [2.24, 2.45) is 0 Å². The number of aliphatic hydroxyl groups is 1. The van der Waals surface area contributed by atoms with Crippen molar-refractivity contribution in [2.75, 3.05) is 13.1 Å². The third-order valence-electron chi connectivity index (χ3n) is 3.29. The van der Waals surface area contributed by atoms with Crippen molar-refractivity contribution in [3.05, 3.63) is 15.0 Å². The van der Waals surface area contributed by atoms with E-state index in [1.807, 2.05) is 0 Å². The minimum Gasteiger partial charge on any atom is -0.383 e. The molecule has 5 heteroatoms. The number of rotatable bonds is 2. The first-order valence-corrected chi connectivity index (χ1v) is 6.92. The molecule has 0 aromatic carbocycles. The molecule has 1 unspecified atom stereocenters. The maximum atomic E-state index is 10.6. The van der Waals surface area contributed by atoms with Crippen LogP contribution in [0, 0.1) is 0 Å². The van der Waals surface area contributed by atoms with Gasteiger partial charge in [0.2, 0.25) is 0 Å². The molecule has 82 valence electrons. The molecule has 1 aliphatic carbocycles. The van der Waals surface area contributed by atoms with E-state index >= 15 is 0 Å². The van der Waals surface area contributed by atoms with E-state index < -0.39 is 5.60 Å². The molecule has 0 bridgehead atoms. The number of likely N-dealkylation sites (tertiary alicyclic amines) is 1. The summed E-state index contributed by atoms with van der Waals surface area (Å²) in [4.78, 5) is 7.55. The van der Waals surface area contributed by atoms with Gasteiger partial charge in [0, 0.05) is 19.1 Å². The molecular weight excluding hydrogens is 276 g/mol. The maximum Gasteiger partial charge on any atom is 0.123 e. The van der Waals surface area contributed by atoms with Gasteiger partial charge in [-0.1, -0.05) is 0 Å². The normalized spacial score (nSPS) is 32.4. The Labute approximate surface area is 101 Å². The van der Waals surface area contributed by atoms with Crippen molar-refractivity contribution in [3.63, 3.8) is 0 Å². The summed E-state index contributed by atoms with van der Waals surface area (Å²) in [6.07, 6.45) is 3.45. The fourth-order valence-corrected chi connectivity index (χ4v) is 3.98. The topological polar surface area (TPSA) is 36.4 Å². The predicted octanol–water partition coefficient (Wildman–Crippen LogP) is 1.96. The number of hydrogen-bond acceptors (Lipinski definition) is 4. The lowest BCUT2D eigenvalue weighted by molar-refractivity contribution is 0.0480. The molecule has 1 saturated carbocycles. The zero-order valence-corrected chi connectivity index (χ0v) is 10.7. The summed E-state index contributed by atoms with van der Waals surface area (Å²) in [5, 5.41) is 10.6. The van der Waals surface area contributed by atoms with Gasteiger partial charge in [0.1, 0.15) is 10.2 Å². The Morgan fingerprint density at radius 2 is 2.40 bits per heavy atom. The van der Waals surface area contributed by atoms with Gasteiger partial charge >= 0.3 is 0 Å². The van der Waals surface area contributed by atoms with E-state index in [4.69, 9.17) is 0 Å². The van der Waals surface area contributed by atoms with Gasteiger partial charge in [0.05, 0.1) is 10.4 Å². The van der Waals surface area contributed by atoms with Crippen LogP contribution < -0.4 is 0 Å². The molecule has 1 aliphatic heterocycles. The molecule has 1 saturated heterocycles. The second-order valence-corrected chi connectivity index (χ2v) is 6.06. The van der Waals surface area contributed by atoms with Crippen molar-refractivity contribution in [1.82, 2.24) is 9.88 Å². The minimum atomic E-state index is -0.664. The Balaban J connectivity index is 1.83. The molecule has 1 aromatic heterocycles. The van der Waals surface area contributed by atoms with Crippen LogP contribution in [-0.2, 0) is 5.60 Å². The molecule has 2 fully saturated rings. The molecule has 0 radical (unpaired) electrons. The van der Waals surface area contributed by atoms with Crippen LogP contribution in [0.1, 0.15) is 24.1 Å². The van der Waals surface area contributed by atoms with Crippen molar-refractivity contribution in [3.8, 4) is 0 Å². The smallest absolute Gasteiger partial charge is 0.123 e. The standard InChI is InChI=1S/C10H13BrN2OS/c11-9-8(15-6-12-9)10(14)3-4-13(5-10)7-1-2-7/h6-7,14H,1-5H2. The number of halogens is 1. The van der Waals surface area contributed by atoms with Gasteiger partial charge in [-0.05, 0) is 35.2 Å². The summed E-state index contributed by atoms with van der Waals surface area (Å²) in [7, 11) is 0. The predicted molar refractivity (Wildman–Crippen MR) is 62.9 cm³/mol. The highest BCUT2D eigenvalue weighted by atomic mass is 79.9. The van der Waals surface area contributed by atoms with E-state index in [0.717, 1.165) is 35.0 Å². The van der Waals surface area contributed by atoms with Crippen LogP contribution in [0.3, 0.4) is 0 Å². The fourth-order valence-electron chi connectivity index (χ4n) is 2.29. The number of thiazole rings is 1. The van der Waals surface area contributed by atoms with Crippen molar-refractivity contribution >= 4 is 27.3 Å². The molecule has 1 aromatic rings. The van der Waals surface area contributed by atoms with Gasteiger partial charge in [-0.3, -0.25) is 4.90 Å². The van der Waals surface area contributed by atoms with E-state index in [1.165, 1.54) is 12.8 Å². The Bertz CT molecular complexity index is 379. The number of aromatic nitrogens is 1. The Hall–Kier alpha value is 0.0300.